The van der Waals surface area contributed by atoms with Gasteiger partial charge in [0.1, 0.15) is 6.04 Å². The zero-order valence-corrected chi connectivity index (χ0v) is 11.8. The van der Waals surface area contributed by atoms with E-state index < -0.39 is 6.04 Å². The van der Waals surface area contributed by atoms with Gasteiger partial charge in [0, 0.05) is 13.2 Å². The van der Waals surface area contributed by atoms with Gasteiger partial charge in [0.2, 0.25) is 11.8 Å². The van der Waals surface area contributed by atoms with Gasteiger partial charge in [-0.05, 0) is 11.5 Å². The number of aryl methyl sites for hydroxylation is 1. The highest BCUT2D eigenvalue weighted by Crippen LogP contribution is 2.27. The average molecular weight is 264 g/mol. The van der Waals surface area contributed by atoms with E-state index >= 15 is 0 Å². The molecule has 0 saturated carbocycles. The van der Waals surface area contributed by atoms with Crippen molar-refractivity contribution in [1.29, 1.82) is 0 Å². The zero-order valence-electron chi connectivity index (χ0n) is 11.8. The van der Waals surface area contributed by atoms with Gasteiger partial charge in [0.25, 0.3) is 0 Å². The van der Waals surface area contributed by atoms with Crippen LogP contribution in [0.2, 0.25) is 0 Å². The monoisotopic (exact) mass is 264 g/mol. The van der Waals surface area contributed by atoms with Crippen LogP contribution >= 0.6 is 0 Å². The summed E-state index contributed by atoms with van der Waals surface area (Å²) in [5, 5.41) is 6.93. The van der Waals surface area contributed by atoms with E-state index in [9.17, 15) is 9.59 Å². The van der Waals surface area contributed by atoms with Crippen LogP contribution in [0, 0.1) is 5.41 Å². The molecule has 2 heterocycles. The molecule has 1 fully saturated rings. The molecule has 104 valence electrons. The van der Waals surface area contributed by atoms with Crippen LogP contribution in [0.3, 0.4) is 0 Å². The molecule has 2 amide bonds. The van der Waals surface area contributed by atoms with Crippen molar-refractivity contribution in [3.05, 3.63) is 18.0 Å². The number of nitrogens with zero attached hydrogens (tertiary/aromatic N) is 3. The lowest BCUT2D eigenvalue weighted by Crippen LogP contribution is -2.62. The topological polar surface area (TPSA) is 67.2 Å². The first-order valence-electron chi connectivity index (χ1n) is 6.35. The third-order valence-corrected chi connectivity index (χ3v) is 3.22. The van der Waals surface area contributed by atoms with Crippen molar-refractivity contribution in [2.45, 2.75) is 33.4 Å². The number of hydrogen-bond acceptors (Lipinski definition) is 3. The third kappa shape index (κ3) is 2.77. The Balaban J connectivity index is 2.27. The minimum atomic E-state index is -0.462. The normalized spacial score (nSPS) is 20.6. The van der Waals surface area contributed by atoms with Crippen molar-refractivity contribution in [3.8, 4) is 0 Å². The Morgan fingerprint density at radius 2 is 2.11 bits per heavy atom. The van der Waals surface area contributed by atoms with E-state index in [2.05, 4.69) is 10.4 Å². The molecule has 6 heteroatoms. The number of carbonyl (C=O) groups is 2. The van der Waals surface area contributed by atoms with Gasteiger partial charge in [-0.25, -0.2) is 0 Å². The molecule has 1 aromatic rings. The maximum atomic E-state index is 12.1. The summed E-state index contributed by atoms with van der Waals surface area (Å²) in [5.74, 6) is -0.159. The first-order valence-corrected chi connectivity index (χ1v) is 6.35. The van der Waals surface area contributed by atoms with Crippen molar-refractivity contribution in [2.75, 3.05) is 6.54 Å². The van der Waals surface area contributed by atoms with E-state index in [-0.39, 0.29) is 23.8 Å². The van der Waals surface area contributed by atoms with E-state index in [1.54, 1.807) is 9.58 Å². The highest BCUT2D eigenvalue weighted by molar-refractivity contribution is 5.95. The fourth-order valence-corrected chi connectivity index (χ4v) is 2.41. The van der Waals surface area contributed by atoms with Crippen LogP contribution in [-0.4, -0.2) is 39.1 Å². The van der Waals surface area contributed by atoms with E-state index in [1.165, 1.54) is 0 Å². The summed E-state index contributed by atoms with van der Waals surface area (Å²) in [5.41, 5.74) is 0.481. The van der Waals surface area contributed by atoms with Crippen molar-refractivity contribution >= 4 is 11.8 Å². The predicted octanol–water partition coefficient (Wildman–Crippen LogP) is 0.293. The van der Waals surface area contributed by atoms with E-state index in [0.29, 0.717) is 6.54 Å². The summed E-state index contributed by atoms with van der Waals surface area (Å²) in [4.78, 5) is 25.8. The molecule has 1 atom stereocenters. The molecule has 1 aromatic heterocycles. The molecule has 0 aliphatic carbocycles. The number of aromatic nitrogens is 2. The number of carbonyl (C=O) groups excluding carboxylic acids is 2. The van der Waals surface area contributed by atoms with Gasteiger partial charge in [-0.3, -0.25) is 14.3 Å². The lowest BCUT2D eigenvalue weighted by atomic mass is 9.84. The minimum Gasteiger partial charge on any atom is -0.345 e. The molecule has 1 saturated heterocycles. The Hall–Kier alpha value is -1.85. The second-order valence-corrected chi connectivity index (χ2v) is 5.99. The summed E-state index contributed by atoms with van der Waals surface area (Å²) in [6.45, 7) is 6.32. The fourth-order valence-electron chi connectivity index (χ4n) is 2.41. The molecule has 0 radical (unpaired) electrons. The number of piperazine rings is 1. The molecular formula is C13H20N4O2. The molecule has 6 nitrogen and oxygen atoms in total. The largest absolute Gasteiger partial charge is 0.345 e. The van der Waals surface area contributed by atoms with Gasteiger partial charge in [-0.1, -0.05) is 20.8 Å². The summed E-state index contributed by atoms with van der Waals surface area (Å²) in [6.07, 6.45) is 1.83. The van der Waals surface area contributed by atoms with Crippen molar-refractivity contribution in [1.82, 2.24) is 20.0 Å². The molecule has 1 N–H and O–H groups in total. The molecule has 19 heavy (non-hydrogen) atoms. The third-order valence-electron chi connectivity index (χ3n) is 3.22. The second-order valence-electron chi connectivity index (χ2n) is 5.99. The number of nitrogens with one attached hydrogen (secondary N) is 1. The first kappa shape index (κ1) is 13.6. The highest BCUT2D eigenvalue weighted by Gasteiger charge is 2.42. The van der Waals surface area contributed by atoms with Gasteiger partial charge in [-0.2, -0.15) is 5.10 Å². The average Bonchev–Trinajstić information content (AvgIpc) is 2.68. The molecule has 0 aromatic carbocycles. The Morgan fingerprint density at radius 3 is 2.63 bits per heavy atom. The van der Waals surface area contributed by atoms with Gasteiger partial charge in [0.05, 0.1) is 18.8 Å². The van der Waals surface area contributed by atoms with Crippen LogP contribution in [0.15, 0.2) is 12.3 Å². The summed E-state index contributed by atoms with van der Waals surface area (Å²) in [6, 6.07) is 1.40. The molecule has 2 rings (SSSR count). The smallest absolute Gasteiger partial charge is 0.243 e. The summed E-state index contributed by atoms with van der Waals surface area (Å²) in [7, 11) is 1.83. The van der Waals surface area contributed by atoms with E-state index in [0.717, 1.165) is 5.69 Å². The van der Waals surface area contributed by atoms with Crippen molar-refractivity contribution in [2.24, 2.45) is 12.5 Å². The molecule has 1 aliphatic heterocycles. The number of amides is 2. The quantitative estimate of drug-likeness (QED) is 0.835. The van der Waals surface area contributed by atoms with Gasteiger partial charge in [-0.15, -0.1) is 0 Å². The van der Waals surface area contributed by atoms with Gasteiger partial charge >= 0.3 is 0 Å². The lowest BCUT2D eigenvalue weighted by molar-refractivity contribution is -0.150. The SMILES string of the molecule is Cn1ccc(CN2C(=O)CNC(=O)C2C(C)(C)C)n1. The van der Waals surface area contributed by atoms with Crippen molar-refractivity contribution in [3.63, 3.8) is 0 Å². The minimum absolute atomic E-state index is 0.0646. The highest BCUT2D eigenvalue weighted by atomic mass is 16.2. The van der Waals surface area contributed by atoms with E-state index in [4.69, 9.17) is 0 Å². The second kappa shape index (κ2) is 4.68. The Morgan fingerprint density at radius 1 is 1.42 bits per heavy atom. The van der Waals surface area contributed by atoms with Gasteiger partial charge in [0.15, 0.2) is 0 Å². The van der Waals surface area contributed by atoms with Crippen LogP contribution in [0.1, 0.15) is 26.5 Å². The maximum Gasteiger partial charge on any atom is 0.243 e. The Bertz CT molecular complexity index is 501. The maximum absolute atomic E-state index is 12.1. The summed E-state index contributed by atoms with van der Waals surface area (Å²) < 4.78 is 1.69. The lowest BCUT2D eigenvalue weighted by Gasteiger charge is -2.41. The number of hydrogen-bond donors (Lipinski definition) is 1. The standard InChI is InChI=1S/C13H20N4O2/c1-13(2,3)11-12(19)14-7-10(18)17(11)8-9-5-6-16(4)15-9/h5-6,11H,7-8H2,1-4H3,(H,14,19). The molecule has 1 aliphatic rings. The fraction of sp³-hybridized carbons (Fsp3) is 0.615. The zero-order chi connectivity index (χ0) is 14.2. The van der Waals surface area contributed by atoms with Crippen LogP contribution in [0.4, 0.5) is 0 Å². The Labute approximate surface area is 112 Å². The van der Waals surface area contributed by atoms with Crippen LogP contribution in [0.25, 0.3) is 0 Å². The molecule has 0 bridgehead atoms. The van der Waals surface area contributed by atoms with Crippen LogP contribution in [0.5, 0.6) is 0 Å². The number of rotatable bonds is 2. The molecule has 1 unspecified atom stereocenters. The van der Waals surface area contributed by atoms with Gasteiger partial charge < -0.3 is 10.2 Å². The van der Waals surface area contributed by atoms with E-state index in [1.807, 2.05) is 40.1 Å². The van der Waals surface area contributed by atoms with Crippen LogP contribution in [-0.2, 0) is 23.2 Å². The first-order chi connectivity index (χ1) is 8.79. The van der Waals surface area contributed by atoms with Crippen LogP contribution < -0.4 is 5.32 Å². The predicted molar refractivity (Wildman–Crippen MR) is 70.0 cm³/mol. The molecule has 0 spiro atoms. The Kier molecular flexibility index (Phi) is 3.34. The van der Waals surface area contributed by atoms with Crippen molar-refractivity contribution < 1.29 is 9.59 Å². The molecular weight excluding hydrogens is 244 g/mol. The summed E-state index contributed by atoms with van der Waals surface area (Å²) >= 11 is 0.